The molecule has 27 heavy (non-hydrogen) atoms. The van der Waals surface area contributed by atoms with E-state index in [1.165, 1.54) is 24.3 Å². The summed E-state index contributed by atoms with van der Waals surface area (Å²) in [6.45, 7) is 2.00. The Bertz CT molecular complexity index is 973. The molecule has 0 unspecified atom stereocenters. The summed E-state index contributed by atoms with van der Waals surface area (Å²) in [7, 11) is 0. The summed E-state index contributed by atoms with van der Waals surface area (Å²) >= 11 is 5.36. The first-order chi connectivity index (χ1) is 13.0. The highest BCUT2D eigenvalue weighted by molar-refractivity contribution is 7.80. The van der Waals surface area contributed by atoms with Crippen LogP contribution in [-0.4, -0.2) is 11.0 Å². The lowest BCUT2D eigenvalue weighted by atomic mass is 10.1. The molecule has 0 saturated heterocycles. The molecule has 0 fully saturated rings. The molecule has 0 bridgehead atoms. The lowest BCUT2D eigenvalue weighted by Gasteiger charge is -2.14. The maximum atomic E-state index is 13.0. The van der Waals surface area contributed by atoms with Gasteiger partial charge in [-0.25, -0.2) is 4.39 Å². The summed E-state index contributed by atoms with van der Waals surface area (Å²) in [6, 6.07) is 20.5. The molecule has 3 rings (SSSR count). The topological polar surface area (TPSA) is 53.2 Å². The van der Waals surface area contributed by atoms with Gasteiger partial charge in [0.05, 0.1) is 11.3 Å². The predicted molar refractivity (Wildman–Crippen MR) is 112 cm³/mol. The van der Waals surface area contributed by atoms with E-state index in [9.17, 15) is 9.18 Å². The molecule has 0 saturated carbocycles. The Labute approximate surface area is 162 Å². The number of hydrogen-bond donors (Lipinski definition) is 3. The Balaban J connectivity index is 1.72. The number of halogens is 1. The molecule has 0 aromatic heterocycles. The quantitative estimate of drug-likeness (QED) is 0.546. The first-order valence-electron chi connectivity index (χ1n) is 8.32. The highest BCUT2D eigenvalue weighted by Gasteiger charge is 2.12. The van der Waals surface area contributed by atoms with Crippen LogP contribution < -0.4 is 16.0 Å². The maximum Gasteiger partial charge on any atom is 0.257 e. The lowest BCUT2D eigenvalue weighted by molar-refractivity contribution is 0.102. The third-order valence-corrected chi connectivity index (χ3v) is 4.00. The van der Waals surface area contributed by atoms with Crippen LogP contribution in [0.4, 0.5) is 21.5 Å². The van der Waals surface area contributed by atoms with Gasteiger partial charge in [-0.05, 0) is 73.2 Å². The number of thiocarbonyl (C=S) groups is 1. The van der Waals surface area contributed by atoms with Crippen molar-refractivity contribution in [3.05, 3.63) is 89.7 Å². The molecule has 0 aliphatic heterocycles. The second-order valence-electron chi connectivity index (χ2n) is 5.96. The fourth-order valence-corrected chi connectivity index (χ4v) is 2.76. The molecule has 6 heteroatoms. The second kappa shape index (κ2) is 8.42. The van der Waals surface area contributed by atoms with Gasteiger partial charge in [-0.15, -0.1) is 0 Å². The zero-order chi connectivity index (χ0) is 19.2. The maximum absolute atomic E-state index is 13.0. The van der Waals surface area contributed by atoms with Gasteiger partial charge in [0.15, 0.2) is 5.11 Å². The van der Waals surface area contributed by atoms with Crippen molar-refractivity contribution in [2.75, 3.05) is 16.0 Å². The fraction of sp³-hybridized carbons (Fsp3) is 0.0476. The van der Waals surface area contributed by atoms with Crippen LogP contribution in [-0.2, 0) is 0 Å². The Morgan fingerprint density at radius 3 is 2.33 bits per heavy atom. The van der Waals surface area contributed by atoms with Crippen molar-refractivity contribution in [3.8, 4) is 0 Å². The molecule has 0 aliphatic rings. The van der Waals surface area contributed by atoms with Crippen LogP contribution in [0.15, 0.2) is 72.8 Å². The van der Waals surface area contributed by atoms with E-state index >= 15 is 0 Å². The van der Waals surface area contributed by atoms with Crippen molar-refractivity contribution in [1.29, 1.82) is 0 Å². The average molecular weight is 379 g/mol. The van der Waals surface area contributed by atoms with Gasteiger partial charge in [-0.1, -0.05) is 24.3 Å². The highest BCUT2D eigenvalue weighted by atomic mass is 32.1. The average Bonchev–Trinajstić information content (AvgIpc) is 2.64. The Kier molecular flexibility index (Phi) is 5.78. The number of hydrogen-bond acceptors (Lipinski definition) is 2. The van der Waals surface area contributed by atoms with Gasteiger partial charge < -0.3 is 16.0 Å². The van der Waals surface area contributed by atoms with Gasteiger partial charge in [0.2, 0.25) is 0 Å². The number of carbonyl (C=O) groups is 1. The number of anilines is 3. The number of nitrogens with one attached hydrogen (secondary N) is 3. The van der Waals surface area contributed by atoms with E-state index in [4.69, 9.17) is 12.2 Å². The molecular weight excluding hydrogens is 361 g/mol. The zero-order valence-electron chi connectivity index (χ0n) is 14.6. The molecule has 0 atom stereocenters. The van der Waals surface area contributed by atoms with Crippen LogP contribution in [0.1, 0.15) is 15.9 Å². The number of rotatable bonds is 4. The van der Waals surface area contributed by atoms with Gasteiger partial charge in [-0.2, -0.15) is 0 Å². The molecule has 0 spiro atoms. The van der Waals surface area contributed by atoms with Crippen molar-refractivity contribution in [2.24, 2.45) is 0 Å². The molecule has 0 radical (unpaired) electrons. The van der Waals surface area contributed by atoms with E-state index in [1.54, 1.807) is 18.2 Å². The van der Waals surface area contributed by atoms with E-state index < -0.39 is 0 Å². The minimum atomic E-state index is -0.359. The third kappa shape index (κ3) is 5.12. The van der Waals surface area contributed by atoms with E-state index in [0.717, 1.165) is 11.3 Å². The van der Waals surface area contributed by atoms with Crippen molar-refractivity contribution in [2.45, 2.75) is 6.92 Å². The highest BCUT2D eigenvalue weighted by Crippen LogP contribution is 2.19. The third-order valence-electron chi connectivity index (χ3n) is 3.80. The van der Waals surface area contributed by atoms with Gasteiger partial charge in [0, 0.05) is 11.4 Å². The molecule has 3 N–H and O–H groups in total. The first-order valence-corrected chi connectivity index (χ1v) is 8.73. The standard InChI is InChI=1S/C21H18FN3OS/c1-14-5-4-6-17(13-14)24-21(27)25-19-8-3-2-7-18(19)20(26)23-16-11-9-15(22)10-12-16/h2-13H,1H3,(H,23,26)(H2,24,25,27). The molecule has 3 aromatic rings. The summed E-state index contributed by atoms with van der Waals surface area (Å²) in [5.74, 6) is -0.675. The molecule has 0 aliphatic carbocycles. The number of para-hydroxylation sites is 1. The molecule has 136 valence electrons. The molecule has 0 heterocycles. The van der Waals surface area contributed by atoms with Crippen molar-refractivity contribution in [1.82, 2.24) is 0 Å². The Morgan fingerprint density at radius 1 is 0.852 bits per heavy atom. The first kappa shape index (κ1) is 18.5. The van der Waals surface area contributed by atoms with Crippen molar-refractivity contribution < 1.29 is 9.18 Å². The van der Waals surface area contributed by atoms with E-state index in [1.807, 2.05) is 37.3 Å². The van der Waals surface area contributed by atoms with Crippen LogP contribution in [0, 0.1) is 12.7 Å². The summed E-state index contributed by atoms with van der Waals surface area (Å²) in [4.78, 5) is 12.6. The predicted octanol–water partition coefficient (Wildman–Crippen LogP) is 5.20. The van der Waals surface area contributed by atoms with Gasteiger partial charge in [0.1, 0.15) is 5.82 Å². The summed E-state index contributed by atoms with van der Waals surface area (Å²) in [5, 5.41) is 9.28. The zero-order valence-corrected chi connectivity index (χ0v) is 15.4. The molecule has 3 aromatic carbocycles. The largest absolute Gasteiger partial charge is 0.332 e. The SMILES string of the molecule is Cc1cccc(NC(=S)Nc2ccccc2C(=O)Nc2ccc(F)cc2)c1. The fourth-order valence-electron chi connectivity index (χ4n) is 2.53. The molecular formula is C21H18FN3OS. The van der Waals surface area contributed by atoms with Crippen LogP contribution in [0.25, 0.3) is 0 Å². The summed E-state index contributed by atoms with van der Waals surface area (Å²) in [5.41, 5.74) is 3.48. The van der Waals surface area contributed by atoms with E-state index in [0.29, 0.717) is 22.1 Å². The van der Waals surface area contributed by atoms with Crippen molar-refractivity contribution in [3.63, 3.8) is 0 Å². The Morgan fingerprint density at radius 2 is 1.59 bits per heavy atom. The number of aryl methyl sites for hydroxylation is 1. The van der Waals surface area contributed by atoms with E-state index in [2.05, 4.69) is 16.0 Å². The minimum absolute atomic E-state index is 0.317. The Hall–Kier alpha value is -3.25. The molecule has 1 amide bonds. The normalized spacial score (nSPS) is 10.1. The van der Waals surface area contributed by atoms with Gasteiger partial charge >= 0.3 is 0 Å². The van der Waals surface area contributed by atoms with Crippen molar-refractivity contribution >= 4 is 40.3 Å². The monoisotopic (exact) mass is 379 g/mol. The van der Waals surface area contributed by atoms with Crippen LogP contribution in [0.3, 0.4) is 0 Å². The molecule has 4 nitrogen and oxygen atoms in total. The summed E-state index contributed by atoms with van der Waals surface area (Å²) < 4.78 is 13.0. The van der Waals surface area contributed by atoms with Crippen LogP contribution >= 0.6 is 12.2 Å². The smallest absolute Gasteiger partial charge is 0.257 e. The van der Waals surface area contributed by atoms with Gasteiger partial charge in [-0.3, -0.25) is 4.79 Å². The number of carbonyl (C=O) groups excluding carboxylic acids is 1. The number of amides is 1. The minimum Gasteiger partial charge on any atom is -0.332 e. The van der Waals surface area contributed by atoms with Crippen LogP contribution in [0.2, 0.25) is 0 Å². The van der Waals surface area contributed by atoms with E-state index in [-0.39, 0.29) is 11.7 Å². The second-order valence-corrected chi connectivity index (χ2v) is 6.36. The lowest BCUT2D eigenvalue weighted by Crippen LogP contribution is -2.22. The van der Waals surface area contributed by atoms with Gasteiger partial charge in [0.25, 0.3) is 5.91 Å². The van der Waals surface area contributed by atoms with Crippen LogP contribution in [0.5, 0.6) is 0 Å². The number of benzene rings is 3. The summed E-state index contributed by atoms with van der Waals surface area (Å²) in [6.07, 6.45) is 0.